The van der Waals surface area contributed by atoms with Gasteiger partial charge in [0.05, 0.1) is 0 Å². The highest BCUT2D eigenvalue weighted by Crippen LogP contribution is 2.42. The van der Waals surface area contributed by atoms with Gasteiger partial charge in [0.25, 0.3) is 0 Å². The van der Waals surface area contributed by atoms with E-state index < -0.39 is 0 Å². The fourth-order valence-corrected chi connectivity index (χ4v) is 2.90. The van der Waals surface area contributed by atoms with Gasteiger partial charge in [0, 0.05) is 17.9 Å². The van der Waals surface area contributed by atoms with Crippen molar-refractivity contribution in [2.75, 3.05) is 6.54 Å². The van der Waals surface area contributed by atoms with Crippen molar-refractivity contribution in [2.24, 2.45) is 11.1 Å². The zero-order chi connectivity index (χ0) is 14.0. The maximum Gasteiger partial charge on any atom is 0.227 e. The van der Waals surface area contributed by atoms with Gasteiger partial charge in [0.1, 0.15) is 0 Å². The molecule has 106 valence electrons. The Kier molecular flexibility index (Phi) is 3.76. The summed E-state index contributed by atoms with van der Waals surface area (Å²) in [5.74, 6) is 1.37. The first-order chi connectivity index (χ1) is 9.71. The van der Waals surface area contributed by atoms with E-state index in [0.29, 0.717) is 24.7 Å². The molecule has 1 aliphatic carbocycles. The molecule has 0 amide bonds. The predicted molar refractivity (Wildman–Crippen MR) is 77.6 cm³/mol. The summed E-state index contributed by atoms with van der Waals surface area (Å²) in [6.45, 7) is 0.690. The molecule has 1 saturated carbocycles. The smallest absolute Gasteiger partial charge is 0.227 e. The maximum atomic E-state index is 6.14. The molecular formula is C15H18ClN3O. The Morgan fingerprint density at radius 3 is 2.75 bits per heavy atom. The van der Waals surface area contributed by atoms with Gasteiger partial charge < -0.3 is 10.3 Å². The first-order valence-corrected chi connectivity index (χ1v) is 7.33. The number of hydrogen-bond donors (Lipinski definition) is 1. The minimum absolute atomic E-state index is 0.189. The molecule has 0 radical (unpaired) electrons. The highest BCUT2D eigenvalue weighted by molar-refractivity contribution is 6.31. The molecule has 2 aromatic rings. The number of rotatable bonds is 5. The highest BCUT2D eigenvalue weighted by atomic mass is 35.5. The van der Waals surface area contributed by atoms with Gasteiger partial charge in [-0.25, -0.2) is 0 Å². The van der Waals surface area contributed by atoms with Gasteiger partial charge in [0.2, 0.25) is 5.89 Å². The van der Waals surface area contributed by atoms with E-state index in [1.165, 1.54) is 6.42 Å². The molecule has 0 bridgehead atoms. The Bertz CT molecular complexity index is 587. The molecule has 0 saturated heterocycles. The molecule has 1 aliphatic rings. The van der Waals surface area contributed by atoms with Gasteiger partial charge in [-0.2, -0.15) is 4.98 Å². The Morgan fingerprint density at radius 1 is 1.30 bits per heavy atom. The summed E-state index contributed by atoms with van der Waals surface area (Å²) in [5, 5.41) is 4.78. The molecule has 1 aromatic carbocycles. The van der Waals surface area contributed by atoms with Gasteiger partial charge in [0.15, 0.2) is 5.82 Å². The first-order valence-electron chi connectivity index (χ1n) is 6.96. The van der Waals surface area contributed by atoms with Crippen LogP contribution in [0.15, 0.2) is 28.8 Å². The average molecular weight is 292 g/mol. The summed E-state index contributed by atoms with van der Waals surface area (Å²) in [4.78, 5) is 4.47. The quantitative estimate of drug-likeness (QED) is 0.920. The molecule has 3 rings (SSSR count). The molecule has 2 N–H and O–H groups in total. The third kappa shape index (κ3) is 2.72. The van der Waals surface area contributed by atoms with Crippen molar-refractivity contribution in [3.63, 3.8) is 0 Å². The molecule has 0 atom stereocenters. The molecule has 20 heavy (non-hydrogen) atoms. The first kappa shape index (κ1) is 13.6. The standard InChI is InChI=1S/C15H18ClN3O/c16-12-5-2-1-4-11(12)8-13-18-14(20-19-13)9-15(10-17)6-3-7-15/h1-2,4-5H,3,6-10,17H2. The number of aromatic nitrogens is 2. The lowest BCUT2D eigenvalue weighted by atomic mass is 9.67. The lowest BCUT2D eigenvalue weighted by Crippen LogP contribution is -2.39. The van der Waals surface area contributed by atoms with Crippen LogP contribution in [-0.2, 0) is 12.8 Å². The third-order valence-electron chi connectivity index (χ3n) is 4.19. The van der Waals surface area contributed by atoms with E-state index in [4.69, 9.17) is 21.9 Å². The van der Waals surface area contributed by atoms with Crippen molar-refractivity contribution in [1.82, 2.24) is 10.1 Å². The molecule has 1 fully saturated rings. The van der Waals surface area contributed by atoms with Gasteiger partial charge in [-0.05, 0) is 36.4 Å². The van der Waals surface area contributed by atoms with Crippen LogP contribution in [0.4, 0.5) is 0 Å². The van der Waals surface area contributed by atoms with Crippen LogP contribution in [0, 0.1) is 5.41 Å². The van der Waals surface area contributed by atoms with Crippen LogP contribution in [-0.4, -0.2) is 16.7 Å². The van der Waals surface area contributed by atoms with Crippen molar-refractivity contribution < 1.29 is 4.52 Å². The normalized spacial score (nSPS) is 16.9. The van der Waals surface area contributed by atoms with Crippen LogP contribution < -0.4 is 5.73 Å². The van der Waals surface area contributed by atoms with Crippen LogP contribution in [0.3, 0.4) is 0 Å². The lowest BCUT2D eigenvalue weighted by molar-refractivity contribution is 0.129. The van der Waals surface area contributed by atoms with Gasteiger partial charge in [-0.15, -0.1) is 0 Å². The second-order valence-corrected chi connectivity index (χ2v) is 6.01. The van der Waals surface area contributed by atoms with E-state index in [1.54, 1.807) is 0 Å². The molecule has 5 heteroatoms. The highest BCUT2D eigenvalue weighted by Gasteiger charge is 2.37. The Balaban J connectivity index is 1.69. The van der Waals surface area contributed by atoms with Gasteiger partial charge >= 0.3 is 0 Å². The summed E-state index contributed by atoms with van der Waals surface area (Å²) >= 11 is 6.14. The van der Waals surface area contributed by atoms with E-state index in [0.717, 1.165) is 29.8 Å². The second-order valence-electron chi connectivity index (χ2n) is 5.61. The van der Waals surface area contributed by atoms with E-state index in [9.17, 15) is 0 Å². The molecule has 0 unspecified atom stereocenters. The Hall–Kier alpha value is -1.39. The van der Waals surface area contributed by atoms with Crippen molar-refractivity contribution in [2.45, 2.75) is 32.1 Å². The Labute approximate surface area is 123 Å². The van der Waals surface area contributed by atoms with Crippen LogP contribution in [0.5, 0.6) is 0 Å². The number of nitrogens with zero attached hydrogens (tertiary/aromatic N) is 2. The van der Waals surface area contributed by atoms with Crippen molar-refractivity contribution >= 4 is 11.6 Å². The minimum Gasteiger partial charge on any atom is -0.339 e. The van der Waals surface area contributed by atoms with Crippen molar-refractivity contribution in [3.05, 3.63) is 46.6 Å². The zero-order valence-corrected chi connectivity index (χ0v) is 12.1. The SMILES string of the molecule is NCC1(Cc2nc(Cc3ccccc3Cl)no2)CCC1. The molecule has 4 nitrogen and oxygen atoms in total. The summed E-state index contributed by atoms with van der Waals surface area (Å²) in [6.07, 6.45) is 4.95. The molecule has 0 spiro atoms. The van der Waals surface area contributed by atoms with Crippen molar-refractivity contribution in [1.29, 1.82) is 0 Å². The number of nitrogens with two attached hydrogens (primary N) is 1. The van der Waals surface area contributed by atoms with E-state index >= 15 is 0 Å². The van der Waals surface area contributed by atoms with Crippen LogP contribution >= 0.6 is 11.6 Å². The molecule has 1 heterocycles. The van der Waals surface area contributed by atoms with Gasteiger partial charge in [-0.3, -0.25) is 0 Å². The number of benzene rings is 1. The number of halogens is 1. The number of hydrogen-bond acceptors (Lipinski definition) is 4. The summed E-state index contributed by atoms with van der Waals surface area (Å²) in [5.41, 5.74) is 7.06. The van der Waals surface area contributed by atoms with Crippen LogP contribution in [0.1, 0.15) is 36.5 Å². The fourth-order valence-electron chi connectivity index (χ4n) is 2.70. The molecule has 1 aromatic heterocycles. The third-order valence-corrected chi connectivity index (χ3v) is 4.56. The second kappa shape index (κ2) is 5.54. The van der Waals surface area contributed by atoms with E-state index in [1.807, 2.05) is 24.3 Å². The largest absolute Gasteiger partial charge is 0.339 e. The fraction of sp³-hybridized carbons (Fsp3) is 0.467. The van der Waals surface area contributed by atoms with Crippen LogP contribution in [0.2, 0.25) is 5.02 Å². The monoisotopic (exact) mass is 291 g/mol. The molecular weight excluding hydrogens is 274 g/mol. The van der Waals surface area contributed by atoms with Gasteiger partial charge in [-0.1, -0.05) is 41.4 Å². The molecule has 0 aliphatic heterocycles. The minimum atomic E-state index is 0.189. The predicted octanol–water partition coefficient (Wildman–Crippen LogP) is 2.99. The average Bonchev–Trinajstić information content (AvgIpc) is 2.84. The zero-order valence-electron chi connectivity index (χ0n) is 11.3. The summed E-state index contributed by atoms with van der Waals surface area (Å²) in [6, 6.07) is 7.72. The van der Waals surface area contributed by atoms with Crippen molar-refractivity contribution in [3.8, 4) is 0 Å². The maximum absolute atomic E-state index is 6.14. The lowest BCUT2D eigenvalue weighted by Gasteiger charge is -2.39. The van der Waals surface area contributed by atoms with E-state index in [2.05, 4.69) is 10.1 Å². The topological polar surface area (TPSA) is 64.9 Å². The summed E-state index contributed by atoms with van der Waals surface area (Å²) in [7, 11) is 0. The Morgan fingerprint density at radius 2 is 2.10 bits per heavy atom. The van der Waals surface area contributed by atoms with Crippen LogP contribution in [0.25, 0.3) is 0 Å². The summed E-state index contributed by atoms with van der Waals surface area (Å²) < 4.78 is 5.35. The van der Waals surface area contributed by atoms with E-state index in [-0.39, 0.29) is 5.41 Å².